The fourth-order valence-corrected chi connectivity index (χ4v) is 9.65. The zero-order valence-electron chi connectivity index (χ0n) is 46.9. The summed E-state index contributed by atoms with van der Waals surface area (Å²) in [7, 11) is 0. The fraction of sp³-hybridized carbons (Fsp3) is 0.414. The van der Waals surface area contributed by atoms with Gasteiger partial charge in [-0.05, 0) is 49.2 Å². The maximum absolute atomic E-state index is 13.7. The van der Waals surface area contributed by atoms with E-state index >= 15 is 0 Å². The van der Waals surface area contributed by atoms with Crippen LogP contribution in [-0.2, 0) is 31.9 Å². The van der Waals surface area contributed by atoms with Gasteiger partial charge in [-0.15, -0.1) is 0 Å². The molecule has 0 bridgehead atoms. The van der Waals surface area contributed by atoms with Crippen LogP contribution < -0.4 is 26.0 Å². The van der Waals surface area contributed by atoms with Crippen LogP contribution in [0, 0.1) is 46.5 Å². The Labute approximate surface area is 482 Å². The number of piperazine rings is 2. The number of H-pyrrole nitrogens is 2. The van der Waals surface area contributed by atoms with Crippen LogP contribution in [0.4, 0.5) is 58.1 Å². The van der Waals surface area contributed by atoms with Crippen molar-refractivity contribution in [1.82, 2.24) is 39.7 Å². The lowest BCUT2D eigenvalue weighted by atomic mass is 10.1. The van der Waals surface area contributed by atoms with Crippen LogP contribution in [0.3, 0.4) is 0 Å². The van der Waals surface area contributed by atoms with E-state index in [1.54, 1.807) is 0 Å². The molecule has 2 saturated heterocycles. The van der Waals surface area contributed by atoms with Crippen LogP contribution in [0.15, 0.2) is 48.5 Å². The highest BCUT2D eigenvalue weighted by molar-refractivity contribution is 6.08. The number of carbonyl (C=O) groups excluding carboxylic acids is 1. The summed E-state index contributed by atoms with van der Waals surface area (Å²) in [5, 5.41) is 19.0. The molecule has 6 heterocycles. The highest BCUT2D eigenvalue weighted by Gasteiger charge is 2.25. The number of hydrogen-bond acceptors (Lipinski definition) is 16. The topological polar surface area (TPSA) is 250 Å². The molecule has 0 spiro atoms. The van der Waals surface area contributed by atoms with Crippen molar-refractivity contribution in [2.24, 2.45) is 0 Å². The van der Waals surface area contributed by atoms with Gasteiger partial charge in [-0.25, -0.2) is 37.5 Å². The Hall–Kier alpha value is -8.14. The van der Waals surface area contributed by atoms with Crippen molar-refractivity contribution >= 4 is 78.8 Å². The normalized spacial score (nSPS) is 14.0. The Kier molecular flexibility index (Phi) is 21.5. The Morgan fingerprint density at radius 2 is 0.976 bits per heavy atom. The molecule has 0 amide bonds. The van der Waals surface area contributed by atoms with Gasteiger partial charge in [0.15, 0.2) is 29.0 Å². The maximum atomic E-state index is 13.7. The SMILES string of the molecule is CCCCc1nc2c([nH]1)c(N)nc1ccc(N3CCN(CCOCCC(=O)O)CC3)cc12.CCCCc1nc2c([nH]1)c(N)nc1ccc(N3CCN(CCOCCC(=O)Oc4c(F)c(F)cc(F)c4F)CC3)cc12.Oc1c(F)c(F)cc(F)c1F. The molecule has 0 aliphatic carbocycles. The number of nitrogen functional groups attached to an aromatic ring is 2. The highest BCUT2D eigenvalue weighted by Crippen LogP contribution is 2.33. The van der Waals surface area contributed by atoms with E-state index < -0.39 is 70.0 Å². The number of fused-ring (bicyclic) bond motifs is 6. The van der Waals surface area contributed by atoms with Crippen molar-refractivity contribution < 1.29 is 69.1 Å². The minimum absolute atomic E-state index is 0.0182. The third kappa shape index (κ3) is 15.8. The number of carbonyl (C=O) groups is 2. The molecule has 4 aromatic heterocycles. The van der Waals surface area contributed by atoms with Crippen LogP contribution >= 0.6 is 0 Å². The largest absolute Gasteiger partial charge is 0.503 e. The number of aromatic amines is 2. The number of benzene rings is 4. The molecule has 2 aliphatic heterocycles. The van der Waals surface area contributed by atoms with Gasteiger partial charge in [-0.3, -0.25) is 19.4 Å². The molecule has 0 atom stereocenters. The minimum atomic E-state index is -1.79. The first-order chi connectivity index (χ1) is 40.8. The third-order valence-corrected chi connectivity index (χ3v) is 14.4. The number of aryl methyl sites for hydroxylation is 2. The standard InChI is InChI=1S/C29H32F4N6O3.C23H32N6O3.C6H2F4O/c1-2-3-4-22-36-26-18-15-17(5-6-21(18)35-29(34)27(26)37-22)39-10-8-38(9-11-39)12-14-41-13-7-23(40)42-28-24(32)19(30)16-20(31)25(28)33;1-2-3-4-19-26-21-17-15-16(5-6-18(17)25-23(24)22(21)27-19)29-10-8-28(9-11-29)12-14-32-13-7-20(30)31;7-2-1-3(8)5(10)6(11)4(2)9/h5-6,15-16H,2-4,7-14H2,1H3,(H2,34,35)(H,36,37);5-6,15H,2-4,7-14H2,1H3,(H2,24,25)(H,26,27)(H,30,31);1,11H. The number of carboxylic acids is 1. The van der Waals surface area contributed by atoms with Gasteiger partial charge in [-0.2, -0.15) is 17.6 Å². The Morgan fingerprint density at radius 1 is 0.565 bits per heavy atom. The Bertz CT molecular complexity index is 3580. The van der Waals surface area contributed by atoms with E-state index in [1.807, 2.05) is 18.2 Å². The Balaban J connectivity index is 0.000000192. The van der Waals surface area contributed by atoms with Gasteiger partial charge in [-0.1, -0.05) is 26.7 Å². The van der Waals surface area contributed by atoms with Crippen LogP contribution in [-0.4, -0.2) is 154 Å². The number of ether oxygens (including phenoxy) is 3. The summed E-state index contributed by atoms with van der Waals surface area (Å²) in [6.07, 6.45) is 5.82. The van der Waals surface area contributed by atoms with E-state index in [0.717, 1.165) is 159 Å². The zero-order chi connectivity index (χ0) is 60.9. The molecule has 0 radical (unpaired) electrons. The molecule has 10 rings (SSSR count). The molecule has 85 heavy (non-hydrogen) atoms. The average Bonchev–Trinajstić information content (AvgIpc) is 3.08. The predicted octanol–water partition coefficient (Wildman–Crippen LogP) is 9.32. The van der Waals surface area contributed by atoms with E-state index in [1.165, 1.54) is 5.69 Å². The minimum Gasteiger partial charge on any atom is -0.503 e. The molecule has 2 aliphatic rings. The number of aromatic hydroxyl groups is 1. The van der Waals surface area contributed by atoms with Gasteiger partial charge in [0.05, 0.1) is 50.3 Å². The first kappa shape index (κ1) is 62.9. The van der Waals surface area contributed by atoms with Gasteiger partial charge in [0.2, 0.25) is 29.0 Å². The molecule has 2 fully saturated rings. The first-order valence-corrected chi connectivity index (χ1v) is 27.9. The van der Waals surface area contributed by atoms with Crippen LogP contribution in [0.1, 0.15) is 64.0 Å². The molecular formula is C58H66F8N12O7. The summed E-state index contributed by atoms with van der Waals surface area (Å²) in [4.78, 5) is 57.2. The number of aliphatic carboxylic acids is 1. The summed E-state index contributed by atoms with van der Waals surface area (Å²) in [6.45, 7) is 13.8. The monoisotopic (exact) mass is 1190 g/mol. The van der Waals surface area contributed by atoms with Gasteiger partial charge in [0.1, 0.15) is 45.4 Å². The van der Waals surface area contributed by atoms with Crippen LogP contribution in [0.5, 0.6) is 11.5 Å². The first-order valence-electron chi connectivity index (χ1n) is 27.9. The van der Waals surface area contributed by atoms with E-state index in [2.05, 4.69) is 76.3 Å². The van der Waals surface area contributed by atoms with Crippen LogP contribution in [0.2, 0.25) is 0 Å². The number of phenolic OH excluding ortho intramolecular Hbond substituents is 1. The fourth-order valence-electron chi connectivity index (χ4n) is 9.65. The number of pyridine rings is 2. The second-order valence-corrected chi connectivity index (χ2v) is 20.3. The zero-order valence-corrected chi connectivity index (χ0v) is 46.9. The molecule has 19 nitrogen and oxygen atoms in total. The number of nitrogens with zero attached hydrogens (tertiary/aromatic N) is 8. The third-order valence-electron chi connectivity index (χ3n) is 14.4. The quantitative estimate of drug-likeness (QED) is 0.0129. The number of anilines is 4. The lowest BCUT2D eigenvalue weighted by Crippen LogP contribution is -2.47. The van der Waals surface area contributed by atoms with E-state index in [4.69, 9.17) is 41.1 Å². The lowest BCUT2D eigenvalue weighted by Gasteiger charge is -2.36. The molecule has 8 aromatic rings. The van der Waals surface area contributed by atoms with Crippen molar-refractivity contribution in [2.75, 3.05) is 113 Å². The van der Waals surface area contributed by atoms with Gasteiger partial charge >= 0.3 is 11.9 Å². The van der Waals surface area contributed by atoms with Crippen molar-refractivity contribution in [3.05, 3.63) is 107 Å². The molecule has 0 saturated carbocycles. The highest BCUT2D eigenvalue weighted by atomic mass is 19.2. The number of nitrogens with one attached hydrogen (secondary N) is 2. The number of unbranched alkanes of at least 4 members (excludes halogenated alkanes) is 2. The number of esters is 1. The Morgan fingerprint density at radius 3 is 1.39 bits per heavy atom. The van der Waals surface area contributed by atoms with Crippen molar-refractivity contribution in [3.63, 3.8) is 0 Å². The summed E-state index contributed by atoms with van der Waals surface area (Å²) >= 11 is 0. The number of phenols is 1. The summed E-state index contributed by atoms with van der Waals surface area (Å²) in [5.41, 5.74) is 19.6. The van der Waals surface area contributed by atoms with E-state index in [0.29, 0.717) is 31.4 Å². The van der Waals surface area contributed by atoms with E-state index in [9.17, 15) is 44.7 Å². The van der Waals surface area contributed by atoms with E-state index in [-0.39, 0.29) is 38.2 Å². The summed E-state index contributed by atoms with van der Waals surface area (Å²) < 4.78 is 118. The van der Waals surface area contributed by atoms with Crippen molar-refractivity contribution in [2.45, 2.75) is 65.2 Å². The number of aromatic nitrogens is 6. The number of rotatable bonds is 21. The predicted molar refractivity (Wildman–Crippen MR) is 304 cm³/mol. The smallest absolute Gasteiger partial charge is 0.313 e. The number of imidazole rings is 2. The summed E-state index contributed by atoms with van der Waals surface area (Å²) in [5.74, 6) is -15.8. The average molecular weight is 1200 g/mol. The second kappa shape index (κ2) is 29.1. The lowest BCUT2D eigenvalue weighted by molar-refractivity contribution is -0.138. The van der Waals surface area contributed by atoms with Crippen LogP contribution in [0.25, 0.3) is 43.9 Å². The number of hydrogen-bond donors (Lipinski definition) is 6. The van der Waals surface area contributed by atoms with Crippen molar-refractivity contribution in [3.8, 4) is 11.5 Å². The van der Waals surface area contributed by atoms with Gasteiger partial charge < -0.3 is 55.7 Å². The summed E-state index contributed by atoms with van der Waals surface area (Å²) in [6, 6.07) is 12.5. The second-order valence-electron chi connectivity index (χ2n) is 20.3. The molecule has 456 valence electrons. The van der Waals surface area contributed by atoms with Gasteiger partial charge in [0, 0.05) is 113 Å². The number of halogens is 8. The molecule has 27 heteroatoms. The molecular weight excluding hydrogens is 1130 g/mol. The molecule has 4 aromatic carbocycles. The maximum Gasteiger partial charge on any atom is 0.313 e. The van der Waals surface area contributed by atoms with Gasteiger partial charge in [0.25, 0.3) is 0 Å². The molecule has 0 unspecified atom stereocenters. The van der Waals surface area contributed by atoms with Crippen molar-refractivity contribution in [1.29, 1.82) is 0 Å². The number of carboxylic acid groups (broad SMARTS) is 1. The molecule has 8 N–H and O–H groups in total. The number of nitrogens with two attached hydrogens (primary N) is 2.